The zero-order chi connectivity index (χ0) is 11.4. The number of anilines is 1. The zero-order valence-corrected chi connectivity index (χ0v) is 9.80. The molecule has 0 atom stereocenters. The van der Waals surface area contributed by atoms with E-state index >= 15 is 0 Å². The lowest BCUT2D eigenvalue weighted by atomic mass is 10.2. The van der Waals surface area contributed by atoms with E-state index < -0.39 is 0 Å². The van der Waals surface area contributed by atoms with Crippen molar-refractivity contribution in [3.05, 3.63) is 29.6 Å². The average molecular weight is 222 g/mol. The second-order valence-electron chi connectivity index (χ2n) is 4.26. The number of nitrogens with zero attached hydrogens (tertiary/aromatic N) is 1. The van der Waals surface area contributed by atoms with Crippen LogP contribution in [-0.4, -0.2) is 19.6 Å². The summed E-state index contributed by atoms with van der Waals surface area (Å²) in [5.41, 5.74) is 1.78. The summed E-state index contributed by atoms with van der Waals surface area (Å²) in [5, 5.41) is 3.20. The highest BCUT2D eigenvalue weighted by Gasteiger charge is 2.15. The van der Waals surface area contributed by atoms with Crippen LogP contribution in [0.3, 0.4) is 0 Å². The quantitative estimate of drug-likeness (QED) is 0.842. The standard InChI is InChI=1S/C13H19FN2/c1-2-15-10-11-5-6-13(12(14)9-11)16-7-3-4-8-16/h5-6,9,15H,2-4,7-8,10H2,1H3. The molecule has 1 aliphatic heterocycles. The Kier molecular flexibility index (Phi) is 3.78. The van der Waals surface area contributed by atoms with Crippen LogP contribution >= 0.6 is 0 Å². The van der Waals surface area contributed by atoms with Crippen molar-refractivity contribution in [2.24, 2.45) is 0 Å². The van der Waals surface area contributed by atoms with E-state index in [1.807, 2.05) is 12.1 Å². The molecule has 88 valence electrons. The summed E-state index contributed by atoms with van der Waals surface area (Å²) in [7, 11) is 0. The Morgan fingerprint density at radius 3 is 2.69 bits per heavy atom. The Hall–Kier alpha value is -1.09. The van der Waals surface area contributed by atoms with E-state index in [4.69, 9.17) is 0 Å². The van der Waals surface area contributed by atoms with Crippen LogP contribution in [0.4, 0.5) is 10.1 Å². The van der Waals surface area contributed by atoms with Crippen molar-refractivity contribution < 1.29 is 4.39 Å². The Morgan fingerprint density at radius 1 is 1.31 bits per heavy atom. The maximum absolute atomic E-state index is 13.9. The molecule has 1 fully saturated rings. The van der Waals surface area contributed by atoms with Crippen molar-refractivity contribution in [2.45, 2.75) is 26.3 Å². The summed E-state index contributed by atoms with van der Waals surface area (Å²) in [6, 6.07) is 5.57. The van der Waals surface area contributed by atoms with Gasteiger partial charge in [0.1, 0.15) is 5.82 Å². The van der Waals surface area contributed by atoms with Gasteiger partial charge >= 0.3 is 0 Å². The monoisotopic (exact) mass is 222 g/mol. The smallest absolute Gasteiger partial charge is 0.146 e. The maximum Gasteiger partial charge on any atom is 0.146 e. The first-order valence-electron chi connectivity index (χ1n) is 6.05. The predicted molar refractivity (Wildman–Crippen MR) is 65.2 cm³/mol. The number of benzene rings is 1. The lowest BCUT2D eigenvalue weighted by Crippen LogP contribution is -2.19. The molecule has 1 aromatic rings. The molecule has 0 radical (unpaired) electrons. The Morgan fingerprint density at radius 2 is 2.06 bits per heavy atom. The highest BCUT2D eigenvalue weighted by atomic mass is 19.1. The van der Waals surface area contributed by atoms with Crippen molar-refractivity contribution in [1.82, 2.24) is 5.32 Å². The van der Waals surface area contributed by atoms with Crippen LogP contribution in [0.25, 0.3) is 0 Å². The van der Waals surface area contributed by atoms with Gasteiger partial charge < -0.3 is 10.2 Å². The molecule has 1 aliphatic rings. The molecule has 0 unspecified atom stereocenters. The van der Waals surface area contributed by atoms with Crippen molar-refractivity contribution in [3.63, 3.8) is 0 Å². The summed E-state index contributed by atoms with van der Waals surface area (Å²) < 4.78 is 13.9. The normalized spacial score (nSPS) is 15.8. The fraction of sp³-hybridized carbons (Fsp3) is 0.538. The van der Waals surface area contributed by atoms with Gasteiger partial charge in [0.25, 0.3) is 0 Å². The van der Waals surface area contributed by atoms with Gasteiger partial charge in [-0.3, -0.25) is 0 Å². The third-order valence-corrected chi connectivity index (χ3v) is 3.04. The molecular formula is C13H19FN2. The van der Waals surface area contributed by atoms with Gasteiger partial charge in [-0.15, -0.1) is 0 Å². The van der Waals surface area contributed by atoms with Gasteiger partial charge in [0.2, 0.25) is 0 Å². The van der Waals surface area contributed by atoms with E-state index in [0.717, 1.165) is 37.4 Å². The molecule has 0 bridgehead atoms. The van der Waals surface area contributed by atoms with Crippen molar-refractivity contribution in [1.29, 1.82) is 0 Å². The lowest BCUT2D eigenvalue weighted by molar-refractivity contribution is 0.617. The fourth-order valence-electron chi connectivity index (χ4n) is 2.14. The van der Waals surface area contributed by atoms with E-state index in [-0.39, 0.29) is 5.82 Å². The van der Waals surface area contributed by atoms with Crippen LogP contribution < -0.4 is 10.2 Å². The second kappa shape index (κ2) is 5.30. The molecule has 1 aromatic carbocycles. The first-order chi connectivity index (χ1) is 7.81. The van der Waals surface area contributed by atoms with Crippen LogP contribution in [0.5, 0.6) is 0 Å². The molecule has 0 aromatic heterocycles. The Balaban J connectivity index is 2.09. The SMILES string of the molecule is CCNCc1ccc(N2CCCC2)c(F)c1. The molecule has 0 spiro atoms. The second-order valence-corrected chi connectivity index (χ2v) is 4.26. The summed E-state index contributed by atoms with van der Waals surface area (Å²) in [6.07, 6.45) is 2.36. The van der Waals surface area contributed by atoms with Crippen molar-refractivity contribution in [3.8, 4) is 0 Å². The van der Waals surface area contributed by atoms with Crippen LogP contribution in [-0.2, 0) is 6.54 Å². The van der Waals surface area contributed by atoms with E-state index in [2.05, 4.69) is 17.1 Å². The molecule has 2 nitrogen and oxygen atoms in total. The number of hydrogen-bond acceptors (Lipinski definition) is 2. The molecule has 1 heterocycles. The highest BCUT2D eigenvalue weighted by Crippen LogP contribution is 2.24. The van der Waals surface area contributed by atoms with E-state index in [0.29, 0.717) is 0 Å². The first kappa shape index (κ1) is 11.4. The summed E-state index contributed by atoms with van der Waals surface area (Å²) in [6.45, 7) is 5.69. The molecule has 1 N–H and O–H groups in total. The third-order valence-electron chi connectivity index (χ3n) is 3.04. The first-order valence-corrected chi connectivity index (χ1v) is 6.05. The van der Waals surface area contributed by atoms with Crippen LogP contribution in [0, 0.1) is 5.82 Å². The molecule has 0 saturated carbocycles. The van der Waals surface area contributed by atoms with E-state index in [1.165, 1.54) is 12.8 Å². The van der Waals surface area contributed by atoms with Crippen molar-refractivity contribution >= 4 is 5.69 Å². The predicted octanol–water partition coefficient (Wildman–Crippen LogP) is 2.54. The minimum absolute atomic E-state index is 0.0858. The van der Waals surface area contributed by atoms with E-state index in [9.17, 15) is 4.39 Å². The van der Waals surface area contributed by atoms with Gasteiger partial charge in [0.15, 0.2) is 0 Å². The van der Waals surface area contributed by atoms with Gasteiger partial charge in [0.05, 0.1) is 5.69 Å². The van der Waals surface area contributed by atoms with Gasteiger partial charge in [-0.25, -0.2) is 4.39 Å². The zero-order valence-electron chi connectivity index (χ0n) is 9.80. The fourth-order valence-corrected chi connectivity index (χ4v) is 2.14. The molecule has 0 amide bonds. The van der Waals surface area contributed by atoms with Crippen molar-refractivity contribution in [2.75, 3.05) is 24.5 Å². The summed E-state index contributed by atoms with van der Waals surface area (Å²) in [5.74, 6) is -0.0858. The Labute approximate surface area is 96.5 Å². The minimum Gasteiger partial charge on any atom is -0.369 e. The minimum atomic E-state index is -0.0858. The Bertz CT molecular complexity index is 346. The van der Waals surface area contributed by atoms with Gasteiger partial charge in [-0.05, 0) is 37.1 Å². The molecule has 1 saturated heterocycles. The molecule has 16 heavy (non-hydrogen) atoms. The average Bonchev–Trinajstić information content (AvgIpc) is 2.80. The van der Waals surface area contributed by atoms with Gasteiger partial charge in [-0.1, -0.05) is 13.0 Å². The highest BCUT2D eigenvalue weighted by molar-refractivity contribution is 5.49. The summed E-state index contributed by atoms with van der Waals surface area (Å²) >= 11 is 0. The molecular weight excluding hydrogens is 203 g/mol. The largest absolute Gasteiger partial charge is 0.369 e. The molecule has 0 aliphatic carbocycles. The number of hydrogen-bond donors (Lipinski definition) is 1. The lowest BCUT2D eigenvalue weighted by Gasteiger charge is -2.18. The topological polar surface area (TPSA) is 15.3 Å². The number of halogens is 1. The number of rotatable bonds is 4. The van der Waals surface area contributed by atoms with Gasteiger partial charge in [-0.2, -0.15) is 0 Å². The number of nitrogens with one attached hydrogen (secondary N) is 1. The van der Waals surface area contributed by atoms with Crippen LogP contribution in [0.1, 0.15) is 25.3 Å². The maximum atomic E-state index is 13.9. The van der Waals surface area contributed by atoms with Crippen LogP contribution in [0.2, 0.25) is 0 Å². The third kappa shape index (κ3) is 2.53. The summed E-state index contributed by atoms with van der Waals surface area (Å²) in [4.78, 5) is 2.13. The molecule has 2 rings (SSSR count). The molecule has 3 heteroatoms. The van der Waals surface area contributed by atoms with E-state index in [1.54, 1.807) is 6.07 Å². The van der Waals surface area contributed by atoms with Crippen LogP contribution in [0.15, 0.2) is 18.2 Å². The van der Waals surface area contributed by atoms with Gasteiger partial charge in [0, 0.05) is 19.6 Å².